The van der Waals surface area contributed by atoms with Crippen molar-refractivity contribution in [3.05, 3.63) is 23.3 Å². The Hall–Kier alpha value is -1.14. The molecule has 0 bridgehead atoms. The van der Waals surface area contributed by atoms with Crippen molar-refractivity contribution in [3.63, 3.8) is 0 Å². The van der Waals surface area contributed by atoms with Crippen LogP contribution in [0.15, 0.2) is 17.0 Å². The highest BCUT2D eigenvalue weighted by molar-refractivity contribution is 7.80. The summed E-state index contributed by atoms with van der Waals surface area (Å²) in [6, 6.07) is 5.64. The van der Waals surface area contributed by atoms with Crippen LogP contribution in [0.25, 0.3) is 0 Å². The molecule has 1 aromatic rings. The third kappa shape index (κ3) is 1.39. The number of hydrogen-bond donors (Lipinski definition) is 1. The van der Waals surface area contributed by atoms with Crippen molar-refractivity contribution in [1.82, 2.24) is 0 Å². The van der Waals surface area contributed by atoms with Gasteiger partial charge in [-0.1, -0.05) is 0 Å². The summed E-state index contributed by atoms with van der Waals surface area (Å²) in [5.41, 5.74) is 1.42. The van der Waals surface area contributed by atoms with E-state index in [0.717, 1.165) is 11.3 Å². The summed E-state index contributed by atoms with van der Waals surface area (Å²) in [5.74, 6) is 0.726. The van der Waals surface area contributed by atoms with Gasteiger partial charge in [-0.05, 0) is 19.1 Å². The molecule has 2 nitrogen and oxygen atoms in total. The van der Waals surface area contributed by atoms with E-state index in [4.69, 9.17) is 10.00 Å². The van der Waals surface area contributed by atoms with Gasteiger partial charge < -0.3 is 4.74 Å². The summed E-state index contributed by atoms with van der Waals surface area (Å²) < 4.78 is 5.06. The number of methoxy groups -OCH3 is 1. The quantitative estimate of drug-likeness (QED) is 0.670. The summed E-state index contributed by atoms with van der Waals surface area (Å²) >= 11 is 4.16. The van der Waals surface area contributed by atoms with Crippen molar-refractivity contribution in [1.29, 1.82) is 5.26 Å². The predicted molar refractivity (Wildman–Crippen MR) is 49.7 cm³/mol. The van der Waals surface area contributed by atoms with Crippen LogP contribution in [0.3, 0.4) is 0 Å². The molecule has 0 aromatic heterocycles. The normalized spacial score (nSPS) is 9.17. The molecule has 0 fully saturated rings. The molecular weight excluding hydrogens is 170 g/mol. The number of thiol groups is 1. The molecule has 3 heteroatoms. The summed E-state index contributed by atoms with van der Waals surface area (Å²) in [6.45, 7) is 1.84. The highest BCUT2D eigenvalue weighted by Crippen LogP contribution is 2.25. The van der Waals surface area contributed by atoms with Crippen LogP contribution in [-0.4, -0.2) is 7.11 Å². The van der Waals surface area contributed by atoms with E-state index < -0.39 is 0 Å². The molecule has 1 rings (SSSR count). The van der Waals surface area contributed by atoms with Crippen LogP contribution in [0.1, 0.15) is 11.1 Å². The van der Waals surface area contributed by atoms with Crippen LogP contribution in [-0.2, 0) is 0 Å². The van der Waals surface area contributed by atoms with Gasteiger partial charge in [0.25, 0.3) is 0 Å². The molecule has 0 heterocycles. The fourth-order valence-electron chi connectivity index (χ4n) is 1.04. The molecule has 0 N–H and O–H groups in total. The van der Waals surface area contributed by atoms with Crippen molar-refractivity contribution < 1.29 is 4.74 Å². The fourth-order valence-corrected chi connectivity index (χ4v) is 1.33. The van der Waals surface area contributed by atoms with E-state index in [1.807, 2.05) is 6.92 Å². The van der Waals surface area contributed by atoms with E-state index in [2.05, 4.69) is 18.7 Å². The molecule has 0 aliphatic carbocycles. The van der Waals surface area contributed by atoms with Gasteiger partial charge in [-0.25, -0.2) is 0 Å². The molecule has 62 valence electrons. The average molecular weight is 179 g/mol. The minimum absolute atomic E-state index is 0.581. The Balaban J connectivity index is 3.36. The van der Waals surface area contributed by atoms with E-state index in [1.54, 1.807) is 19.2 Å². The Bertz CT molecular complexity index is 341. The largest absolute Gasteiger partial charge is 0.496 e. The second kappa shape index (κ2) is 3.51. The lowest BCUT2D eigenvalue weighted by atomic mass is 10.1. The number of ether oxygens (including phenoxy) is 1. The summed E-state index contributed by atoms with van der Waals surface area (Å²) in [5, 5.41) is 8.76. The Morgan fingerprint density at radius 3 is 2.67 bits per heavy atom. The van der Waals surface area contributed by atoms with Crippen molar-refractivity contribution in [3.8, 4) is 11.8 Å². The first-order valence-corrected chi connectivity index (χ1v) is 3.92. The maximum Gasteiger partial charge on any atom is 0.123 e. The molecule has 0 atom stereocenters. The van der Waals surface area contributed by atoms with E-state index in [0.29, 0.717) is 10.5 Å². The molecule has 12 heavy (non-hydrogen) atoms. The molecule has 1 aromatic carbocycles. The highest BCUT2D eigenvalue weighted by Gasteiger charge is 2.06. The zero-order chi connectivity index (χ0) is 9.14. The van der Waals surface area contributed by atoms with Crippen LogP contribution >= 0.6 is 12.6 Å². The lowest BCUT2D eigenvalue weighted by Crippen LogP contribution is -1.91. The number of benzene rings is 1. The van der Waals surface area contributed by atoms with E-state index in [-0.39, 0.29) is 0 Å². The van der Waals surface area contributed by atoms with Gasteiger partial charge in [-0.15, -0.1) is 12.6 Å². The highest BCUT2D eigenvalue weighted by atomic mass is 32.1. The zero-order valence-corrected chi connectivity index (χ0v) is 7.85. The topological polar surface area (TPSA) is 33.0 Å². The molecule has 0 aliphatic rings. The van der Waals surface area contributed by atoms with Crippen molar-refractivity contribution in [2.45, 2.75) is 11.8 Å². The molecule has 0 radical (unpaired) electrons. The number of nitriles is 1. The van der Waals surface area contributed by atoms with Crippen LogP contribution in [0, 0.1) is 18.3 Å². The smallest absolute Gasteiger partial charge is 0.123 e. The van der Waals surface area contributed by atoms with Crippen LogP contribution in [0.5, 0.6) is 5.75 Å². The maximum atomic E-state index is 8.76. The minimum atomic E-state index is 0.581. The SMILES string of the molecule is COc1ccc(S)c(C#N)c1C. The van der Waals surface area contributed by atoms with Gasteiger partial charge in [0, 0.05) is 10.5 Å². The third-order valence-electron chi connectivity index (χ3n) is 1.73. The van der Waals surface area contributed by atoms with Gasteiger partial charge in [-0.3, -0.25) is 0 Å². The van der Waals surface area contributed by atoms with E-state index in [1.165, 1.54) is 0 Å². The summed E-state index contributed by atoms with van der Waals surface area (Å²) in [6.07, 6.45) is 0. The lowest BCUT2D eigenvalue weighted by Gasteiger charge is -2.06. The van der Waals surface area contributed by atoms with Gasteiger partial charge in [0.05, 0.1) is 12.7 Å². The zero-order valence-electron chi connectivity index (χ0n) is 6.96. The molecule has 0 saturated carbocycles. The Morgan fingerprint density at radius 2 is 2.17 bits per heavy atom. The summed E-state index contributed by atoms with van der Waals surface area (Å²) in [4.78, 5) is 0.691. The molecular formula is C9H9NOS. The van der Waals surface area contributed by atoms with Gasteiger partial charge in [0.15, 0.2) is 0 Å². The molecule has 0 unspecified atom stereocenters. The molecule has 0 saturated heterocycles. The van der Waals surface area contributed by atoms with Gasteiger partial charge in [-0.2, -0.15) is 5.26 Å². The molecule has 0 spiro atoms. The second-order valence-corrected chi connectivity index (χ2v) is 2.88. The number of rotatable bonds is 1. The van der Waals surface area contributed by atoms with Gasteiger partial charge >= 0.3 is 0 Å². The lowest BCUT2D eigenvalue weighted by molar-refractivity contribution is 0.411. The first kappa shape index (κ1) is 8.95. The molecule has 0 aliphatic heterocycles. The number of nitrogens with zero attached hydrogens (tertiary/aromatic N) is 1. The Kier molecular flexibility index (Phi) is 2.61. The van der Waals surface area contributed by atoms with Crippen LogP contribution < -0.4 is 4.74 Å². The van der Waals surface area contributed by atoms with Crippen molar-refractivity contribution in [2.75, 3.05) is 7.11 Å². The summed E-state index contributed by atoms with van der Waals surface area (Å²) in [7, 11) is 1.58. The van der Waals surface area contributed by atoms with E-state index >= 15 is 0 Å². The van der Waals surface area contributed by atoms with Crippen molar-refractivity contribution in [2.24, 2.45) is 0 Å². The number of hydrogen-bond acceptors (Lipinski definition) is 3. The fraction of sp³-hybridized carbons (Fsp3) is 0.222. The molecule has 0 amide bonds. The Morgan fingerprint density at radius 1 is 1.50 bits per heavy atom. The third-order valence-corrected chi connectivity index (χ3v) is 2.10. The predicted octanol–water partition coefficient (Wildman–Crippen LogP) is 2.16. The van der Waals surface area contributed by atoms with Gasteiger partial charge in [0.2, 0.25) is 0 Å². The first-order valence-electron chi connectivity index (χ1n) is 3.47. The maximum absolute atomic E-state index is 8.76. The second-order valence-electron chi connectivity index (χ2n) is 2.40. The van der Waals surface area contributed by atoms with Crippen LogP contribution in [0.2, 0.25) is 0 Å². The van der Waals surface area contributed by atoms with E-state index in [9.17, 15) is 0 Å². The van der Waals surface area contributed by atoms with Gasteiger partial charge in [0.1, 0.15) is 11.8 Å². The van der Waals surface area contributed by atoms with Crippen molar-refractivity contribution >= 4 is 12.6 Å². The average Bonchev–Trinajstić information content (AvgIpc) is 2.06. The monoisotopic (exact) mass is 179 g/mol. The van der Waals surface area contributed by atoms with Crippen LogP contribution in [0.4, 0.5) is 0 Å². The Labute approximate surface area is 77.2 Å². The standard InChI is InChI=1S/C9H9NOS/c1-6-7(5-10)9(12)4-3-8(6)11-2/h3-4,12H,1-2H3. The minimum Gasteiger partial charge on any atom is -0.496 e. The first-order chi connectivity index (χ1) is 5.70.